The summed E-state index contributed by atoms with van der Waals surface area (Å²) in [5.74, 6) is -6.35. The third-order valence-electron chi connectivity index (χ3n) is 7.60. The molecule has 2 rings (SSSR count). The zero-order valence-electron chi connectivity index (χ0n) is 28.7. The summed E-state index contributed by atoms with van der Waals surface area (Å²) in [6.45, 7) is -0.0267. The molecule has 0 radical (unpaired) electrons. The number of benzene rings is 1. The number of rotatable bonds is 23. The van der Waals surface area contributed by atoms with E-state index in [4.69, 9.17) is 22.5 Å². The average Bonchev–Trinajstić information content (AvgIpc) is 3.48. The number of aromatic nitrogens is 1. The van der Waals surface area contributed by atoms with Crippen molar-refractivity contribution < 1.29 is 47.9 Å². The van der Waals surface area contributed by atoms with Crippen LogP contribution in [0.15, 0.2) is 30.5 Å². The van der Waals surface area contributed by atoms with E-state index in [1.165, 1.54) is 0 Å². The summed E-state index contributed by atoms with van der Waals surface area (Å²) in [6.07, 6.45) is 0.826. The number of ketones is 2. The highest BCUT2D eigenvalue weighted by Crippen LogP contribution is 2.19. The van der Waals surface area contributed by atoms with Gasteiger partial charge in [-0.1, -0.05) is 18.2 Å². The monoisotopic (exact) mass is 722 g/mol. The van der Waals surface area contributed by atoms with Gasteiger partial charge in [0.2, 0.25) is 47.0 Å². The van der Waals surface area contributed by atoms with Crippen LogP contribution >= 0.6 is 0 Å². The molecule has 20 nitrogen and oxygen atoms in total. The number of carbonyl (C=O) groups excluding carboxylic acids is 8. The van der Waals surface area contributed by atoms with Crippen molar-refractivity contribution >= 4 is 70.3 Å². The van der Waals surface area contributed by atoms with E-state index in [2.05, 4.69) is 35.8 Å². The van der Waals surface area contributed by atoms with Crippen LogP contribution in [0, 0.1) is 0 Å². The van der Waals surface area contributed by atoms with Crippen LogP contribution in [0.5, 0.6) is 0 Å². The van der Waals surface area contributed by atoms with Crippen molar-refractivity contribution in [3.63, 3.8) is 0 Å². The summed E-state index contributed by atoms with van der Waals surface area (Å²) in [5.41, 5.74) is 29.6. The third kappa shape index (κ3) is 14.2. The van der Waals surface area contributed by atoms with E-state index < -0.39 is 77.6 Å². The van der Waals surface area contributed by atoms with Crippen LogP contribution in [0.25, 0.3) is 22.0 Å². The number of primary amides is 2. The second-order valence-electron chi connectivity index (χ2n) is 12.0. The van der Waals surface area contributed by atoms with Crippen LogP contribution in [0.1, 0.15) is 44.1 Å². The summed E-state index contributed by atoms with van der Waals surface area (Å²) >= 11 is 0. The van der Waals surface area contributed by atoms with E-state index in [9.17, 15) is 38.4 Å². The zero-order valence-corrected chi connectivity index (χ0v) is 28.7. The number of hydrogen-bond acceptors (Lipinski definition) is 9. The first-order chi connectivity index (χ1) is 24.6. The molecular formula is C32H42N12O8. The van der Waals surface area contributed by atoms with Gasteiger partial charge in [-0.2, -0.15) is 9.58 Å². The van der Waals surface area contributed by atoms with Gasteiger partial charge in [0.15, 0.2) is 0 Å². The van der Waals surface area contributed by atoms with Crippen molar-refractivity contribution in [1.29, 1.82) is 0 Å². The normalized spacial score (nSPS) is 12.9. The molecule has 0 unspecified atom stereocenters. The van der Waals surface area contributed by atoms with Gasteiger partial charge in [0.05, 0.1) is 6.54 Å². The molecule has 4 atom stereocenters. The van der Waals surface area contributed by atoms with Crippen molar-refractivity contribution in [3.8, 4) is 0 Å². The molecule has 20 heteroatoms. The lowest BCUT2D eigenvalue weighted by atomic mass is 10.0. The minimum Gasteiger partial charge on any atom is -0.368 e. The highest BCUT2D eigenvalue weighted by Gasteiger charge is 2.30. The Bertz CT molecular complexity index is 1760. The number of amides is 6. The number of H-pyrrole nitrogens is 1. The quantitative estimate of drug-likeness (QED) is 0.0355. The second-order valence-corrected chi connectivity index (χ2v) is 12.0. The Morgan fingerprint density at radius 2 is 1.23 bits per heavy atom. The number of nitrogens with zero attached hydrogens (tertiary/aromatic N) is 5. The van der Waals surface area contributed by atoms with E-state index in [0.717, 1.165) is 10.9 Å². The Labute approximate surface area is 297 Å². The van der Waals surface area contributed by atoms with Gasteiger partial charge in [0.25, 0.3) is 0 Å². The molecule has 0 saturated heterocycles. The molecular weight excluding hydrogens is 680 g/mol. The SMILES string of the molecule is CN(C)CC(=O)N[C@@H](Cc1c[nH]c2ccccc12)C(=O)N[C@@H](CCC(=O)N[C@@H](CCC(=O)C=[N+]=[N-])C(=O)N[C@@H](CCC(=O)C=[N+]=[N-])C(N)=O)C(N)=O. The van der Waals surface area contributed by atoms with Crippen LogP contribution in [-0.2, 0) is 44.8 Å². The Morgan fingerprint density at radius 3 is 1.77 bits per heavy atom. The summed E-state index contributed by atoms with van der Waals surface area (Å²) in [5, 5.41) is 10.7. The average molecular weight is 723 g/mol. The molecule has 1 heterocycles. The lowest BCUT2D eigenvalue weighted by molar-refractivity contribution is -0.133. The fourth-order valence-electron chi connectivity index (χ4n) is 5.01. The smallest absolute Gasteiger partial charge is 0.323 e. The van der Waals surface area contributed by atoms with Crippen molar-refractivity contribution in [2.24, 2.45) is 11.5 Å². The number of nitrogens with one attached hydrogen (secondary N) is 5. The van der Waals surface area contributed by atoms with E-state index in [1.54, 1.807) is 25.2 Å². The maximum Gasteiger partial charge on any atom is 0.323 e. The fraction of sp³-hybridized carbons (Fsp3) is 0.438. The number of aromatic amines is 1. The first-order valence-corrected chi connectivity index (χ1v) is 16.0. The number of likely N-dealkylation sites (N-methyl/N-ethyl adjacent to an activating group) is 1. The first-order valence-electron chi connectivity index (χ1n) is 16.0. The van der Waals surface area contributed by atoms with E-state index in [1.807, 2.05) is 24.3 Å². The van der Waals surface area contributed by atoms with Crippen LogP contribution in [0.3, 0.4) is 0 Å². The maximum atomic E-state index is 13.5. The maximum absolute atomic E-state index is 13.5. The van der Waals surface area contributed by atoms with Gasteiger partial charge in [0.1, 0.15) is 24.2 Å². The standard InChI is InChI=1S/C32H42N12O8/c1-44(2)17-28(48)41-26(13-18-14-37-22-6-4-3-5-21(18)22)32(52)43-24(30(34)50)11-12-27(47)40-25(10-8-20(46)16-39-36)31(51)42-23(29(33)49)9-7-19(45)15-38-35/h3-6,14-16,23-26,37H,7-13,17H2,1-2H3,(H2,33,49)(H2,34,50)(H,40,47)(H,41,48)(H,42,51)(H,43,52)/t23-,24-,25-,26-/m0/s1. The first kappa shape index (κ1) is 41.8. The summed E-state index contributed by atoms with van der Waals surface area (Å²) in [6, 6.07) is 1.98. The molecule has 0 fully saturated rings. The molecule has 52 heavy (non-hydrogen) atoms. The third-order valence-corrected chi connectivity index (χ3v) is 7.60. The Morgan fingerprint density at radius 1 is 0.731 bits per heavy atom. The van der Waals surface area contributed by atoms with Crippen molar-refractivity contribution in [3.05, 3.63) is 47.1 Å². The second kappa shape index (κ2) is 21.0. The van der Waals surface area contributed by atoms with Gasteiger partial charge in [-0.3, -0.25) is 38.4 Å². The molecule has 9 N–H and O–H groups in total. The van der Waals surface area contributed by atoms with Gasteiger partial charge in [-0.05, 0) is 45.0 Å². The van der Waals surface area contributed by atoms with Gasteiger partial charge >= 0.3 is 12.4 Å². The molecule has 0 saturated carbocycles. The minimum absolute atomic E-state index is 0.0267. The summed E-state index contributed by atoms with van der Waals surface area (Å²) in [4.78, 5) is 110. The van der Waals surface area contributed by atoms with Crippen LogP contribution in [0.2, 0.25) is 0 Å². The fourth-order valence-corrected chi connectivity index (χ4v) is 5.01. The van der Waals surface area contributed by atoms with Crippen LogP contribution in [0.4, 0.5) is 0 Å². The lowest BCUT2D eigenvalue weighted by Gasteiger charge is -2.23. The van der Waals surface area contributed by atoms with Gasteiger partial charge in [-0.25, -0.2) is 0 Å². The predicted molar refractivity (Wildman–Crippen MR) is 184 cm³/mol. The van der Waals surface area contributed by atoms with E-state index >= 15 is 0 Å². The zero-order chi connectivity index (χ0) is 38.8. The number of carbonyl (C=O) groups is 8. The van der Waals surface area contributed by atoms with Gasteiger partial charge in [-0.15, -0.1) is 0 Å². The molecule has 0 aliphatic heterocycles. The molecule has 0 aliphatic rings. The minimum atomic E-state index is -1.45. The number of nitrogens with two attached hydrogens (primary N) is 2. The van der Waals surface area contributed by atoms with Gasteiger partial charge in [0, 0.05) is 42.8 Å². The summed E-state index contributed by atoms with van der Waals surface area (Å²) in [7, 11) is 3.35. The molecule has 0 aliphatic carbocycles. The Balaban J connectivity index is 2.18. The number of para-hydroxylation sites is 1. The molecule has 0 spiro atoms. The van der Waals surface area contributed by atoms with E-state index in [-0.39, 0.29) is 45.1 Å². The molecule has 278 valence electrons. The number of Topliss-reactive ketones (excluding diaryl/α,β-unsaturated/α-hetero) is 2. The highest BCUT2D eigenvalue weighted by atomic mass is 16.2. The molecule has 6 amide bonds. The largest absolute Gasteiger partial charge is 0.368 e. The summed E-state index contributed by atoms with van der Waals surface area (Å²) < 4.78 is 0. The number of hydrogen-bond donors (Lipinski definition) is 7. The van der Waals surface area contributed by atoms with Crippen molar-refractivity contribution in [1.82, 2.24) is 31.2 Å². The van der Waals surface area contributed by atoms with Crippen molar-refractivity contribution in [2.45, 2.75) is 69.1 Å². The number of fused-ring (bicyclic) bond motifs is 1. The molecule has 1 aromatic heterocycles. The predicted octanol–water partition coefficient (Wildman–Crippen LogP) is -2.74. The van der Waals surface area contributed by atoms with Gasteiger partial charge < -0.3 is 53.7 Å². The molecule has 1 aromatic carbocycles. The highest BCUT2D eigenvalue weighted by molar-refractivity contribution is 6.25. The van der Waals surface area contributed by atoms with Crippen LogP contribution < -0.4 is 32.7 Å². The lowest BCUT2D eigenvalue weighted by Crippen LogP contribution is -2.55. The van der Waals surface area contributed by atoms with Crippen LogP contribution in [-0.4, -0.2) is 124 Å². The Kier molecular flexibility index (Phi) is 16.9. The molecule has 2 aromatic rings. The topological polar surface area (TPSA) is 329 Å². The Hall–Kier alpha value is -6.36. The van der Waals surface area contributed by atoms with E-state index in [0.29, 0.717) is 18.0 Å². The van der Waals surface area contributed by atoms with Crippen molar-refractivity contribution in [2.75, 3.05) is 20.6 Å². The molecule has 0 bridgehead atoms.